The van der Waals surface area contributed by atoms with Gasteiger partial charge in [-0.2, -0.15) is 5.10 Å². The molecule has 0 fully saturated rings. The number of benzene rings is 1. The molecule has 0 saturated heterocycles. The molecule has 0 spiro atoms. The molecule has 2 aromatic heterocycles. The maximum absolute atomic E-state index is 12.9. The number of carbonyl (C=O) groups is 1. The van der Waals surface area contributed by atoms with Crippen LogP contribution in [0.4, 0.5) is 0 Å². The summed E-state index contributed by atoms with van der Waals surface area (Å²) in [4.78, 5) is 14.8. The third-order valence-corrected chi connectivity index (χ3v) is 4.84. The minimum absolute atomic E-state index is 0.0200. The normalized spacial score (nSPS) is 18.6. The van der Waals surface area contributed by atoms with E-state index >= 15 is 0 Å². The van der Waals surface area contributed by atoms with Crippen molar-refractivity contribution in [1.82, 2.24) is 20.3 Å². The number of para-hydroxylation sites is 1. The van der Waals surface area contributed by atoms with Crippen LogP contribution in [0.1, 0.15) is 16.8 Å². The van der Waals surface area contributed by atoms with Crippen molar-refractivity contribution in [3.05, 3.63) is 53.3 Å². The zero-order valence-corrected chi connectivity index (χ0v) is 13.4. The fraction of sp³-hybridized carbons (Fsp3) is 0.278. The molecule has 1 amide bonds. The highest BCUT2D eigenvalue weighted by Gasteiger charge is 2.35. The van der Waals surface area contributed by atoms with Crippen LogP contribution < -0.4 is 4.74 Å². The number of ether oxygens (including phenoxy) is 1. The molecule has 3 aromatic rings. The van der Waals surface area contributed by atoms with Crippen LogP contribution in [-0.4, -0.2) is 38.8 Å². The Morgan fingerprint density at radius 2 is 2.20 bits per heavy atom. The van der Waals surface area contributed by atoms with Gasteiger partial charge in [-0.1, -0.05) is 23.4 Å². The van der Waals surface area contributed by atoms with E-state index in [4.69, 9.17) is 9.26 Å². The Morgan fingerprint density at radius 1 is 1.28 bits per heavy atom. The lowest BCUT2D eigenvalue weighted by Crippen LogP contribution is -2.43. The Hall–Kier alpha value is -3.09. The van der Waals surface area contributed by atoms with Gasteiger partial charge in [0.05, 0.1) is 6.20 Å². The van der Waals surface area contributed by atoms with E-state index in [1.54, 1.807) is 12.3 Å². The minimum atomic E-state index is -0.445. The van der Waals surface area contributed by atoms with E-state index in [2.05, 4.69) is 15.4 Å². The second-order valence-corrected chi connectivity index (χ2v) is 6.33. The summed E-state index contributed by atoms with van der Waals surface area (Å²) < 4.78 is 11.1. The van der Waals surface area contributed by atoms with Crippen LogP contribution in [0, 0.1) is 0 Å². The zero-order valence-electron chi connectivity index (χ0n) is 13.4. The SMILES string of the molecule is O=C([C@@H]1Cc2ccccc2O1)N1CCc2[nH]nc(-c3ccno3)c2C1. The number of H-pyrrole nitrogens is 1. The number of nitrogens with zero attached hydrogens (tertiary/aromatic N) is 3. The molecule has 25 heavy (non-hydrogen) atoms. The van der Waals surface area contributed by atoms with Gasteiger partial charge in [0.25, 0.3) is 5.91 Å². The van der Waals surface area contributed by atoms with E-state index in [0.717, 1.165) is 34.7 Å². The van der Waals surface area contributed by atoms with Crippen molar-refractivity contribution in [1.29, 1.82) is 0 Å². The number of rotatable bonds is 2. The van der Waals surface area contributed by atoms with Gasteiger partial charge in [-0.05, 0) is 11.6 Å². The summed E-state index contributed by atoms with van der Waals surface area (Å²) in [6, 6.07) is 9.59. The Balaban J connectivity index is 1.38. The van der Waals surface area contributed by atoms with E-state index in [9.17, 15) is 4.79 Å². The monoisotopic (exact) mass is 336 g/mol. The lowest BCUT2D eigenvalue weighted by Gasteiger charge is -2.29. The predicted molar refractivity (Wildman–Crippen MR) is 87.8 cm³/mol. The smallest absolute Gasteiger partial charge is 0.264 e. The number of aromatic amines is 1. The molecule has 1 atom stereocenters. The van der Waals surface area contributed by atoms with E-state index < -0.39 is 6.10 Å². The van der Waals surface area contributed by atoms with Gasteiger partial charge in [-0.3, -0.25) is 9.89 Å². The summed E-state index contributed by atoms with van der Waals surface area (Å²) in [5.41, 5.74) is 3.85. The first-order chi connectivity index (χ1) is 12.3. The molecule has 0 unspecified atom stereocenters. The standard InChI is InChI=1S/C18H16N4O3/c23-18(16-9-11-3-1-2-4-14(11)24-16)22-8-6-13-12(10-22)17(21-20-13)15-5-7-19-25-15/h1-5,7,16H,6,8-10H2,(H,20,21)/t16-/m0/s1. The molecule has 0 saturated carbocycles. The number of fused-ring (bicyclic) bond motifs is 2. The highest BCUT2D eigenvalue weighted by Crippen LogP contribution is 2.32. The molecule has 2 aliphatic heterocycles. The van der Waals surface area contributed by atoms with Crippen molar-refractivity contribution in [2.24, 2.45) is 0 Å². The summed E-state index contributed by atoms with van der Waals surface area (Å²) in [6.45, 7) is 1.15. The fourth-order valence-electron chi connectivity index (χ4n) is 3.55. The lowest BCUT2D eigenvalue weighted by molar-refractivity contribution is -0.138. The van der Waals surface area contributed by atoms with Crippen molar-refractivity contribution in [3.63, 3.8) is 0 Å². The minimum Gasteiger partial charge on any atom is -0.480 e. The summed E-state index contributed by atoms with van der Waals surface area (Å²) in [5.74, 6) is 1.44. The molecule has 4 heterocycles. The van der Waals surface area contributed by atoms with Crippen molar-refractivity contribution in [3.8, 4) is 17.2 Å². The van der Waals surface area contributed by atoms with Crippen LogP contribution in [0.15, 0.2) is 41.1 Å². The second kappa shape index (κ2) is 5.47. The van der Waals surface area contributed by atoms with Gasteiger partial charge in [-0.25, -0.2) is 0 Å². The van der Waals surface area contributed by atoms with Crippen molar-refractivity contribution in [2.45, 2.75) is 25.5 Å². The lowest BCUT2D eigenvalue weighted by atomic mass is 10.0. The molecule has 126 valence electrons. The number of hydrogen-bond donors (Lipinski definition) is 1. The van der Waals surface area contributed by atoms with E-state index in [1.807, 2.05) is 29.2 Å². The molecule has 7 nitrogen and oxygen atoms in total. The number of nitrogens with one attached hydrogen (secondary N) is 1. The topological polar surface area (TPSA) is 84.2 Å². The Labute approximate surface area is 143 Å². The third kappa shape index (κ3) is 2.31. The van der Waals surface area contributed by atoms with Gasteiger partial charge >= 0.3 is 0 Å². The first kappa shape index (κ1) is 14.3. The number of hydrogen-bond acceptors (Lipinski definition) is 5. The van der Waals surface area contributed by atoms with Gasteiger partial charge in [0, 0.05) is 43.3 Å². The molecule has 1 N–H and O–H groups in total. The first-order valence-electron chi connectivity index (χ1n) is 8.30. The van der Waals surface area contributed by atoms with Crippen LogP contribution in [0.3, 0.4) is 0 Å². The summed E-state index contributed by atoms with van der Waals surface area (Å²) >= 11 is 0. The van der Waals surface area contributed by atoms with Gasteiger partial charge in [0.1, 0.15) is 11.4 Å². The highest BCUT2D eigenvalue weighted by atomic mass is 16.5. The Morgan fingerprint density at radius 3 is 3.04 bits per heavy atom. The van der Waals surface area contributed by atoms with Crippen LogP contribution in [-0.2, 0) is 24.2 Å². The highest BCUT2D eigenvalue weighted by molar-refractivity contribution is 5.83. The van der Waals surface area contributed by atoms with Gasteiger partial charge in [0.2, 0.25) is 0 Å². The van der Waals surface area contributed by atoms with E-state index in [1.165, 1.54) is 0 Å². The molecule has 7 heteroatoms. The summed E-state index contributed by atoms with van der Waals surface area (Å²) in [6.07, 6.45) is 2.51. The van der Waals surface area contributed by atoms with Gasteiger partial charge < -0.3 is 14.2 Å². The van der Waals surface area contributed by atoms with Gasteiger partial charge in [0.15, 0.2) is 11.9 Å². The maximum Gasteiger partial charge on any atom is 0.264 e. The molecule has 1 aromatic carbocycles. The maximum atomic E-state index is 12.9. The van der Waals surface area contributed by atoms with Crippen molar-refractivity contribution >= 4 is 5.91 Å². The predicted octanol–water partition coefficient (Wildman–Crippen LogP) is 1.95. The molecule has 0 bridgehead atoms. The van der Waals surface area contributed by atoms with Crippen molar-refractivity contribution in [2.75, 3.05) is 6.54 Å². The third-order valence-electron chi connectivity index (χ3n) is 4.84. The van der Waals surface area contributed by atoms with E-state index in [-0.39, 0.29) is 5.91 Å². The summed E-state index contributed by atoms with van der Waals surface area (Å²) in [7, 11) is 0. The van der Waals surface area contributed by atoms with Crippen molar-refractivity contribution < 1.29 is 14.1 Å². The molecular weight excluding hydrogens is 320 g/mol. The Kier molecular flexibility index (Phi) is 3.12. The first-order valence-corrected chi connectivity index (χ1v) is 8.30. The average Bonchev–Trinajstić information content (AvgIpc) is 3.37. The van der Waals surface area contributed by atoms with Gasteiger partial charge in [-0.15, -0.1) is 0 Å². The zero-order chi connectivity index (χ0) is 16.8. The number of amides is 1. The van der Waals surface area contributed by atoms with E-state index in [0.29, 0.717) is 25.3 Å². The summed E-state index contributed by atoms with van der Waals surface area (Å²) in [5, 5.41) is 11.1. The average molecular weight is 336 g/mol. The molecular formula is C18H16N4O3. The van der Waals surface area contributed by atoms with Crippen LogP contribution >= 0.6 is 0 Å². The molecule has 5 rings (SSSR count). The van der Waals surface area contributed by atoms with Crippen LogP contribution in [0.25, 0.3) is 11.5 Å². The molecule has 0 radical (unpaired) electrons. The number of carbonyl (C=O) groups excluding carboxylic acids is 1. The molecule has 2 aliphatic rings. The largest absolute Gasteiger partial charge is 0.480 e. The molecule has 0 aliphatic carbocycles. The second-order valence-electron chi connectivity index (χ2n) is 6.33. The van der Waals surface area contributed by atoms with Crippen LogP contribution in [0.2, 0.25) is 0 Å². The fourth-order valence-corrected chi connectivity index (χ4v) is 3.55. The Bertz CT molecular complexity index is 907. The number of aromatic nitrogens is 3. The van der Waals surface area contributed by atoms with Crippen LogP contribution in [0.5, 0.6) is 5.75 Å². The quantitative estimate of drug-likeness (QED) is 0.773.